The summed E-state index contributed by atoms with van der Waals surface area (Å²) in [6, 6.07) is 8.32. The van der Waals surface area contributed by atoms with E-state index in [1.807, 2.05) is 0 Å². The van der Waals surface area contributed by atoms with Gasteiger partial charge in [0.05, 0.1) is 17.6 Å². The van der Waals surface area contributed by atoms with Gasteiger partial charge in [-0.3, -0.25) is 0 Å². The molecule has 4 rings (SSSR count). The van der Waals surface area contributed by atoms with E-state index in [1.54, 1.807) is 44.7 Å². The lowest BCUT2D eigenvalue weighted by Gasteiger charge is -2.18. The SMILES string of the molecule is COC.FC(F)(F)C1(c2ccc3ncc(-c4cccc(Br)n4)n3n2)CC1. The quantitative estimate of drug-likeness (QED) is 0.567. The van der Waals surface area contributed by atoms with Gasteiger partial charge in [-0.25, -0.2) is 14.5 Å². The van der Waals surface area contributed by atoms with Gasteiger partial charge in [-0.1, -0.05) is 6.07 Å². The van der Waals surface area contributed by atoms with Crippen LogP contribution in [0.25, 0.3) is 17.0 Å². The van der Waals surface area contributed by atoms with Gasteiger partial charge < -0.3 is 4.74 Å². The summed E-state index contributed by atoms with van der Waals surface area (Å²) in [6.45, 7) is 0. The second-order valence-corrected chi connectivity index (χ2v) is 6.78. The first-order valence-corrected chi connectivity index (χ1v) is 8.57. The zero-order chi connectivity index (χ0) is 18.9. The standard InChI is InChI=1S/C15H10BrF3N4.C2H6O/c16-12-3-1-2-9(21-12)10-8-20-13-5-4-11(22-23(10)13)14(6-7-14)15(17,18)19;1-3-2/h1-5,8H,6-7H2;1-2H3. The lowest BCUT2D eigenvalue weighted by atomic mass is 10.0. The summed E-state index contributed by atoms with van der Waals surface area (Å²) in [5.41, 5.74) is -0.141. The molecule has 1 aliphatic carbocycles. The second-order valence-electron chi connectivity index (χ2n) is 5.97. The summed E-state index contributed by atoms with van der Waals surface area (Å²) in [6.07, 6.45) is -2.57. The first-order chi connectivity index (χ1) is 12.3. The molecule has 0 aliphatic heterocycles. The van der Waals surface area contributed by atoms with E-state index in [9.17, 15) is 13.2 Å². The topological polar surface area (TPSA) is 52.3 Å². The molecule has 0 N–H and O–H groups in total. The highest BCUT2D eigenvalue weighted by Gasteiger charge is 2.65. The van der Waals surface area contributed by atoms with Crippen LogP contribution >= 0.6 is 15.9 Å². The Balaban J connectivity index is 0.000000613. The average molecular weight is 429 g/mol. The van der Waals surface area contributed by atoms with Crippen molar-refractivity contribution in [1.29, 1.82) is 0 Å². The van der Waals surface area contributed by atoms with Crippen LogP contribution in [0.3, 0.4) is 0 Å². The molecule has 138 valence electrons. The van der Waals surface area contributed by atoms with Gasteiger partial charge in [-0.2, -0.15) is 18.3 Å². The number of nitrogens with zero attached hydrogens (tertiary/aromatic N) is 4. The van der Waals surface area contributed by atoms with E-state index in [0.29, 0.717) is 21.6 Å². The maximum Gasteiger partial charge on any atom is 0.400 e. The van der Waals surface area contributed by atoms with Gasteiger partial charge in [0.2, 0.25) is 0 Å². The van der Waals surface area contributed by atoms with E-state index in [4.69, 9.17) is 0 Å². The Hall–Kier alpha value is -2.00. The number of aromatic nitrogens is 4. The smallest absolute Gasteiger partial charge is 0.388 e. The molecule has 0 aromatic carbocycles. The van der Waals surface area contributed by atoms with Crippen molar-refractivity contribution < 1.29 is 17.9 Å². The van der Waals surface area contributed by atoms with E-state index in [-0.39, 0.29) is 18.5 Å². The van der Waals surface area contributed by atoms with Gasteiger partial charge in [0.15, 0.2) is 5.65 Å². The van der Waals surface area contributed by atoms with E-state index >= 15 is 0 Å². The number of fused-ring (bicyclic) bond motifs is 1. The third kappa shape index (κ3) is 3.33. The normalized spacial score (nSPS) is 15.5. The van der Waals surface area contributed by atoms with Crippen molar-refractivity contribution in [1.82, 2.24) is 19.6 Å². The summed E-state index contributed by atoms with van der Waals surface area (Å²) in [4.78, 5) is 8.51. The molecule has 0 atom stereocenters. The Morgan fingerprint density at radius 3 is 2.42 bits per heavy atom. The molecule has 5 nitrogen and oxygen atoms in total. The van der Waals surface area contributed by atoms with Crippen molar-refractivity contribution in [3.05, 3.63) is 46.8 Å². The summed E-state index contributed by atoms with van der Waals surface area (Å²) >= 11 is 3.28. The Morgan fingerprint density at radius 2 is 1.85 bits per heavy atom. The number of hydrogen-bond donors (Lipinski definition) is 0. The van der Waals surface area contributed by atoms with E-state index in [0.717, 1.165) is 0 Å². The third-order valence-corrected chi connectivity index (χ3v) is 4.56. The van der Waals surface area contributed by atoms with E-state index in [1.165, 1.54) is 10.6 Å². The van der Waals surface area contributed by atoms with Crippen molar-refractivity contribution in [2.24, 2.45) is 0 Å². The summed E-state index contributed by atoms with van der Waals surface area (Å²) in [7, 11) is 3.25. The Labute approximate surface area is 156 Å². The molecule has 0 unspecified atom stereocenters. The van der Waals surface area contributed by atoms with Gasteiger partial charge in [0, 0.05) is 14.2 Å². The van der Waals surface area contributed by atoms with Crippen LogP contribution in [0.2, 0.25) is 0 Å². The number of pyridine rings is 1. The van der Waals surface area contributed by atoms with Crippen LogP contribution in [-0.4, -0.2) is 40.0 Å². The predicted octanol–water partition coefficient (Wildman–Crippen LogP) is 4.41. The van der Waals surface area contributed by atoms with Crippen LogP contribution in [0, 0.1) is 0 Å². The predicted molar refractivity (Wildman–Crippen MR) is 93.8 cm³/mol. The lowest BCUT2D eigenvalue weighted by Crippen LogP contribution is -2.30. The van der Waals surface area contributed by atoms with Gasteiger partial charge >= 0.3 is 6.18 Å². The van der Waals surface area contributed by atoms with Crippen LogP contribution in [-0.2, 0) is 10.2 Å². The first kappa shape index (κ1) is 18.8. The minimum atomic E-state index is -4.29. The summed E-state index contributed by atoms with van der Waals surface area (Å²) < 4.78 is 46.2. The molecule has 0 bridgehead atoms. The number of halogens is 4. The highest BCUT2D eigenvalue weighted by Crippen LogP contribution is 2.58. The minimum Gasteiger partial charge on any atom is -0.388 e. The Bertz CT molecular complexity index is 922. The molecule has 3 aromatic rings. The molecule has 1 fully saturated rings. The molecule has 3 heterocycles. The molecule has 9 heteroatoms. The number of rotatable bonds is 2. The van der Waals surface area contributed by atoms with Crippen molar-refractivity contribution in [2.45, 2.75) is 24.4 Å². The van der Waals surface area contributed by atoms with Crippen LogP contribution < -0.4 is 0 Å². The maximum absolute atomic E-state index is 13.3. The second kappa shape index (κ2) is 6.96. The molecular formula is C17H16BrF3N4O. The third-order valence-electron chi connectivity index (χ3n) is 4.12. The van der Waals surface area contributed by atoms with Crippen molar-refractivity contribution in [3.63, 3.8) is 0 Å². The first-order valence-electron chi connectivity index (χ1n) is 7.77. The van der Waals surface area contributed by atoms with Crippen molar-refractivity contribution >= 4 is 21.6 Å². The zero-order valence-electron chi connectivity index (χ0n) is 14.1. The molecule has 3 aromatic heterocycles. The van der Waals surface area contributed by atoms with Crippen LogP contribution in [0.1, 0.15) is 18.5 Å². The van der Waals surface area contributed by atoms with E-state index in [2.05, 4.69) is 35.7 Å². The zero-order valence-corrected chi connectivity index (χ0v) is 15.7. The molecule has 0 spiro atoms. The number of ether oxygens (including phenoxy) is 1. The number of imidazole rings is 1. The fraction of sp³-hybridized carbons (Fsp3) is 0.353. The lowest BCUT2D eigenvalue weighted by molar-refractivity contribution is -0.161. The largest absolute Gasteiger partial charge is 0.400 e. The number of alkyl halides is 3. The summed E-state index contributed by atoms with van der Waals surface area (Å²) in [5, 5.41) is 4.22. The molecule has 26 heavy (non-hydrogen) atoms. The fourth-order valence-corrected chi connectivity index (χ4v) is 3.01. The number of methoxy groups -OCH3 is 1. The highest BCUT2D eigenvalue weighted by atomic mass is 79.9. The van der Waals surface area contributed by atoms with E-state index < -0.39 is 11.6 Å². The molecular weight excluding hydrogens is 413 g/mol. The van der Waals surface area contributed by atoms with Gasteiger partial charge in [0.25, 0.3) is 0 Å². The number of hydrogen-bond acceptors (Lipinski definition) is 4. The molecule has 0 radical (unpaired) electrons. The van der Waals surface area contributed by atoms with Crippen LogP contribution in [0.4, 0.5) is 13.2 Å². The van der Waals surface area contributed by atoms with Gasteiger partial charge in [-0.15, -0.1) is 0 Å². The minimum absolute atomic E-state index is 0.0340. The van der Waals surface area contributed by atoms with Crippen molar-refractivity contribution in [2.75, 3.05) is 14.2 Å². The molecule has 0 amide bonds. The molecule has 1 saturated carbocycles. The average Bonchev–Trinajstić information content (AvgIpc) is 3.30. The van der Waals surface area contributed by atoms with Gasteiger partial charge in [-0.05, 0) is 53.0 Å². The fourth-order valence-electron chi connectivity index (χ4n) is 2.66. The van der Waals surface area contributed by atoms with Crippen LogP contribution in [0.5, 0.6) is 0 Å². The Morgan fingerprint density at radius 1 is 1.15 bits per heavy atom. The monoisotopic (exact) mass is 428 g/mol. The van der Waals surface area contributed by atoms with Gasteiger partial charge in [0.1, 0.15) is 15.7 Å². The Kier molecular flexibility index (Phi) is 5.03. The van der Waals surface area contributed by atoms with Crippen LogP contribution in [0.15, 0.2) is 41.1 Å². The van der Waals surface area contributed by atoms with Crippen molar-refractivity contribution in [3.8, 4) is 11.4 Å². The highest BCUT2D eigenvalue weighted by molar-refractivity contribution is 9.10. The summed E-state index contributed by atoms with van der Waals surface area (Å²) in [5.74, 6) is 0. The molecule has 0 saturated heterocycles. The maximum atomic E-state index is 13.3. The molecule has 1 aliphatic rings.